The lowest BCUT2D eigenvalue weighted by Gasteiger charge is -2.47. The van der Waals surface area contributed by atoms with Gasteiger partial charge in [0.25, 0.3) is 0 Å². The third-order valence-corrected chi connectivity index (χ3v) is 6.51. The molecule has 2 fully saturated rings. The second-order valence-electron chi connectivity index (χ2n) is 7.83. The highest BCUT2D eigenvalue weighted by Crippen LogP contribution is 2.53. The van der Waals surface area contributed by atoms with E-state index >= 15 is 0 Å². The molecule has 0 aromatic rings. The summed E-state index contributed by atoms with van der Waals surface area (Å²) < 4.78 is 0. The minimum Gasteiger partial charge on any atom is -0.481 e. The average molecular weight is 309 g/mol. The number of hydrogen-bond acceptors (Lipinski definition) is 1. The van der Waals surface area contributed by atoms with Crippen LogP contribution in [0.2, 0.25) is 0 Å². The molecule has 2 atom stereocenters. The van der Waals surface area contributed by atoms with Gasteiger partial charge in [0, 0.05) is 0 Å². The topological polar surface area (TPSA) is 37.3 Å². The highest BCUT2D eigenvalue weighted by Gasteiger charge is 2.51. The molecular weight excluding hydrogens is 272 g/mol. The van der Waals surface area contributed by atoms with Crippen LogP contribution in [0.5, 0.6) is 0 Å². The van der Waals surface area contributed by atoms with Gasteiger partial charge in [0.15, 0.2) is 0 Å². The predicted molar refractivity (Wildman–Crippen MR) is 92.0 cm³/mol. The molecule has 2 heteroatoms. The molecule has 22 heavy (non-hydrogen) atoms. The first kappa shape index (κ1) is 17.8. The van der Waals surface area contributed by atoms with Crippen molar-refractivity contribution in [2.45, 2.75) is 103 Å². The summed E-state index contributed by atoms with van der Waals surface area (Å²) >= 11 is 0. The Bertz CT molecular complexity index is 333. The van der Waals surface area contributed by atoms with Crippen LogP contribution in [-0.4, -0.2) is 11.1 Å². The number of carboxylic acids is 1. The lowest BCUT2D eigenvalue weighted by Crippen LogP contribution is -2.47. The lowest BCUT2D eigenvalue weighted by atomic mass is 9.55. The second-order valence-corrected chi connectivity index (χ2v) is 7.83. The zero-order chi connectivity index (χ0) is 15.8. The number of hydrogen-bond donors (Lipinski definition) is 1. The maximum atomic E-state index is 12.3. The smallest absolute Gasteiger partial charge is 0.310 e. The highest BCUT2D eigenvalue weighted by atomic mass is 16.4. The summed E-state index contributed by atoms with van der Waals surface area (Å²) in [6.45, 7) is 2.25. The summed E-state index contributed by atoms with van der Waals surface area (Å²) in [6.07, 6.45) is 18.3. The fourth-order valence-electron chi connectivity index (χ4n) is 5.28. The molecule has 0 aromatic heterocycles. The SMILES string of the molecule is CCCCCCCC1CCCCC1(C(=O)O)C1CCCCC1. The minimum absolute atomic E-state index is 0.372. The van der Waals surface area contributed by atoms with Crippen molar-refractivity contribution in [3.05, 3.63) is 0 Å². The van der Waals surface area contributed by atoms with E-state index in [1.54, 1.807) is 0 Å². The Labute approximate surface area is 137 Å². The molecule has 0 radical (unpaired) electrons. The Hall–Kier alpha value is -0.530. The van der Waals surface area contributed by atoms with Gasteiger partial charge >= 0.3 is 5.97 Å². The molecule has 0 aliphatic heterocycles. The molecule has 0 heterocycles. The first-order valence-electron chi connectivity index (χ1n) is 9.95. The van der Waals surface area contributed by atoms with Crippen LogP contribution < -0.4 is 0 Å². The van der Waals surface area contributed by atoms with E-state index in [0.717, 1.165) is 25.7 Å². The highest BCUT2D eigenvalue weighted by molar-refractivity contribution is 5.75. The standard InChI is InChI=1S/C20H36O2/c1-2-3-4-5-7-12-18-15-10-11-16-20(18,19(21)22)17-13-8-6-9-14-17/h17-18H,2-16H2,1H3,(H,21,22). The normalized spacial score (nSPS) is 30.3. The fraction of sp³-hybridized carbons (Fsp3) is 0.950. The van der Waals surface area contributed by atoms with Crippen LogP contribution >= 0.6 is 0 Å². The minimum atomic E-state index is -0.461. The van der Waals surface area contributed by atoms with Crippen molar-refractivity contribution < 1.29 is 9.90 Å². The first-order valence-corrected chi connectivity index (χ1v) is 9.95. The zero-order valence-corrected chi connectivity index (χ0v) is 14.6. The Morgan fingerprint density at radius 2 is 1.64 bits per heavy atom. The van der Waals surface area contributed by atoms with E-state index < -0.39 is 5.97 Å². The maximum absolute atomic E-state index is 12.3. The first-order chi connectivity index (χ1) is 10.7. The van der Waals surface area contributed by atoms with E-state index in [2.05, 4.69) is 6.92 Å². The largest absolute Gasteiger partial charge is 0.481 e. The van der Waals surface area contributed by atoms with Crippen molar-refractivity contribution in [3.63, 3.8) is 0 Å². The maximum Gasteiger partial charge on any atom is 0.310 e. The fourth-order valence-corrected chi connectivity index (χ4v) is 5.28. The van der Waals surface area contributed by atoms with Gasteiger partial charge in [-0.2, -0.15) is 0 Å². The van der Waals surface area contributed by atoms with Crippen LogP contribution in [0, 0.1) is 17.3 Å². The number of aliphatic carboxylic acids is 1. The van der Waals surface area contributed by atoms with Gasteiger partial charge in [-0.1, -0.05) is 71.1 Å². The zero-order valence-electron chi connectivity index (χ0n) is 14.6. The summed E-state index contributed by atoms with van der Waals surface area (Å²) in [5.74, 6) is 0.445. The molecule has 2 aliphatic carbocycles. The van der Waals surface area contributed by atoms with E-state index in [1.165, 1.54) is 70.6 Å². The van der Waals surface area contributed by atoms with Crippen LogP contribution in [0.25, 0.3) is 0 Å². The average Bonchev–Trinajstić information content (AvgIpc) is 2.55. The van der Waals surface area contributed by atoms with Crippen LogP contribution in [0.15, 0.2) is 0 Å². The number of carboxylic acid groups (broad SMARTS) is 1. The van der Waals surface area contributed by atoms with Gasteiger partial charge in [0.2, 0.25) is 0 Å². The summed E-state index contributed by atoms with van der Waals surface area (Å²) in [4.78, 5) is 12.3. The van der Waals surface area contributed by atoms with Crippen molar-refractivity contribution in [2.24, 2.45) is 17.3 Å². The van der Waals surface area contributed by atoms with Gasteiger partial charge in [-0.05, 0) is 43.9 Å². The quantitative estimate of drug-likeness (QED) is 0.543. The summed E-state index contributed by atoms with van der Waals surface area (Å²) in [5.41, 5.74) is -0.372. The summed E-state index contributed by atoms with van der Waals surface area (Å²) in [6, 6.07) is 0. The summed E-state index contributed by atoms with van der Waals surface area (Å²) in [5, 5.41) is 10.2. The Kier molecular flexibility index (Phi) is 7.24. The van der Waals surface area contributed by atoms with Crippen LogP contribution in [-0.2, 0) is 4.79 Å². The number of carbonyl (C=O) groups is 1. The summed E-state index contributed by atoms with van der Waals surface area (Å²) in [7, 11) is 0. The van der Waals surface area contributed by atoms with Gasteiger partial charge in [-0.25, -0.2) is 0 Å². The van der Waals surface area contributed by atoms with Crippen molar-refractivity contribution in [1.29, 1.82) is 0 Å². The van der Waals surface area contributed by atoms with Crippen LogP contribution in [0.3, 0.4) is 0 Å². The molecule has 2 nitrogen and oxygen atoms in total. The third kappa shape index (κ3) is 4.06. The van der Waals surface area contributed by atoms with Gasteiger partial charge in [0.1, 0.15) is 0 Å². The van der Waals surface area contributed by atoms with Crippen molar-refractivity contribution in [3.8, 4) is 0 Å². The monoisotopic (exact) mass is 308 g/mol. The van der Waals surface area contributed by atoms with Gasteiger partial charge < -0.3 is 5.11 Å². The second kappa shape index (κ2) is 8.93. The Morgan fingerprint density at radius 1 is 0.955 bits per heavy atom. The van der Waals surface area contributed by atoms with E-state index in [1.807, 2.05) is 0 Å². The van der Waals surface area contributed by atoms with Crippen molar-refractivity contribution >= 4 is 5.97 Å². The molecule has 2 rings (SSSR count). The number of unbranched alkanes of at least 4 members (excludes halogenated alkanes) is 4. The van der Waals surface area contributed by atoms with E-state index in [-0.39, 0.29) is 5.41 Å². The van der Waals surface area contributed by atoms with Gasteiger partial charge in [0.05, 0.1) is 5.41 Å². The van der Waals surface area contributed by atoms with Crippen molar-refractivity contribution in [1.82, 2.24) is 0 Å². The molecule has 2 saturated carbocycles. The molecule has 0 saturated heterocycles. The van der Waals surface area contributed by atoms with Crippen LogP contribution in [0.1, 0.15) is 103 Å². The van der Waals surface area contributed by atoms with E-state index in [4.69, 9.17) is 0 Å². The Morgan fingerprint density at radius 3 is 2.32 bits per heavy atom. The molecule has 0 spiro atoms. The molecule has 2 unspecified atom stereocenters. The third-order valence-electron chi connectivity index (χ3n) is 6.51. The molecule has 2 aliphatic rings. The molecule has 0 bridgehead atoms. The lowest BCUT2D eigenvalue weighted by molar-refractivity contribution is -0.163. The molecule has 0 amide bonds. The number of rotatable bonds is 8. The molecule has 0 aromatic carbocycles. The molecular formula is C20H36O2. The van der Waals surface area contributed by atoms with Crippen molar-refractivity contribution in [2.75, 3.05) is 0 Å². The predicted octanol–water partition coefficient (Wildman–Crippen LogP) is 6.19. The van der Waals surface area contributed by atoms with E-state index in [9.17, 15) is 9.90 Å². The van der Waals surface area contributed by atoms with Gasteiger partial charge in [-0.3, -0.25) is 4.79 Å². The Balaban J connectivity index is 2.01. The molecule has 1 N–H and O–H groups in total. The van der Waals surface area contributed by atoms with Crippen LogP contribution in [0.4, 0.5) is 0 Å². The van der Waals surface area contributed by atoms with E-state index in [0.29, 0.717) is 11.8 Å². The molecule has 128 valence electrons. The van der Waals surface area contributed by atoms with Gasteiger partial charge in [-0.15, -0.1) is 0 Å².